The summed E-state index contributed by atoms with van der Waals surface area (Å²) >= 11 is 0. The Morgan fingerprint density at radius 3 is 2.82 bits per heavy atom. The first-order chi connectivity index (χ1) is 10.8. The monoisotopic (exact) mass is 298 g/mol. The van der Waals surface area contributed by atoms with Gasteiger partial charge < -0.3 is 9.52 Å². The number of hydrogen-bond donors (Lipinski definition) is 2. The van der Waals surface area contributed by atoms with E-state index in [1.807, 2.05) is 12.1 Å². The van der Waals surface area contributed by atoms with Gasteiger partial charge in [0, 0.05) is 18.6 Å². The molecule has 0 atom stereocenters. The predicted molar refractivity (Wildman–Crippen MR) is 82.2 cm³/mol. The summed E-state index contributed by atoms with van der Waals surface area (Å²) in [4.78, 5) is 3.34. The molecule has 2 heterocycles. The van der Waals surface area contributed by atoms with Crippen molar-refractivity contribution in [1.82, 2.24) is 0 Å². The van der Waals surface area contributed by atoms with E-state index < -0.39 is 0 Å². The highest BCUT2D eigenvalue weighted by Gasteiger charge is 2.27. The lowest BCUT2D eigenvalue weighted by Gasteiger charge is -2.19. The number of anilines is 1. The second-order valence-corrected chi connectivity index (χ2v) is 5.51. The molecule has 3 N–H and O–H groups in total. The average Bonchev–Trinajstić information content (AvgIpc) is 3.08. The highest BCUT2D eigenvalue weighted by molar-refractivity contribution is 5.64. The third-order valence-electron chi connectivity index (χ3n) is 4.09. The van der Waals surface area contributed by atoms with Gasteiger partial charge in [-0.3, -0.25) is 5.32 Å². The summed E-state index contributed by atoms with van der Waals surface area (Å²) in [5, 5.41) is 21.7. The number of nitrogens with one attached hydrogen (secondary N) is 2. The fourth-order valence-electron chi connectivity index (χ4n) is 3.05. The van der Waals surface area contributed by atoms with Crippen LogP contribution in [-0.2, 0) is 12.8 Å². The molecule has 0 unspecified atom stereocenters. The van der Waals surface area contributed by atoms with Gasteiger partial charge in [-0.25, -0.2) is 4.98 Å². The Hall–Kier alpha value is -2.32. The fraction of sp³-hybridized carbons (Fsp3) is 0.412. The maximum atomic E-state index is 9.57. The number of aliphatic hydroxyl groups excluding tert-OH is 1. The van der Waals surface area contributed by atoms with Crippen LogP contribution in [0.3, 0.4) is 0 Å². The van der Waals surface area contributed by atoms with Crippen molar-refractivity contribution >= 4 is 5.82 Å². The third kappa shape index (κ3) is 2.70. The molecule has 0 bridgehead atoms. The first-order valence-corrected chi connectivity index (χ1v) is 7.75. The molecule has 0 aliphatic heterocycles. The molecule has 114 valence electrons. The average molecular weight is 298 g/mol. The highest BCUT2D eigenvalue weighted by Crippen LogP contribution is 2.33. The molecule has 5 nitrogen and oxygen atoms in total. The van der Waals surface area contributed by atoms with E-state index in [1.54, 1.807) is 6.26 Å². The predicted octanol–water partition coefficient (Wildman–Crippen LogP) is 2.31. The first-order valence-electron chi connectivity index (χ1n) is 7.75. The van der Waals surface area contributed by atoms with Crippen molar-refractivity contribution in [2.24, 2.45) is 0 Å². The Bertz CT molecular complexity index is 687. The Morgan fingerprint density at radius 1 is 1.32 bits per heavy atom. The quantitative estimate of drug-likeness (QED) is 0.830. The van der Waals surface area contributed by atoms with Gasteiger partial charge >= 0.3 is 0 Å². The SMILES string of the molecule is N#Cc1c(NCCCO)[nH+]c(-c2ccco2)c2c1CCCC2. The molecule has 0 saturated carbocycles. The lowest BCUT2D eigenvalue weighted by atomic mass is 9.87. The second kappa shape index (κ2) is 6.63. The van der Waals surface area contributed by atoms with Crippen LogP contribution in [0.25, 0.3) is 11.5 Å². The molecule has 1 aliphatic carbocycles. The first kappa shape index (κ1) is 14.6. The fourth-order valence-corrected chi connectivity index (χ4v) is 3.05. The number of aliphatic hydroxyl groups is 1. The van der Waals surface area contributed by atoms with Crippen LogP contribution in [0.2, 0.25) is 0 Å². The van der Waals surface area contributed by atoms with Gasteiger partial charge in [0.05, 0.1) is 12.8 Å². The molecule has 0 aromatic carbocycles. The van der Waals surface area contributed by atoms with Crippen molar-refractivity contribution < 1.29 is 14.5 Å². The van der Waals surface area contributed by atoms with Crippen molar-refractivity contribution in [3.8, 4) is 17.5 Å². The number of fused-ring (bicyclic) bond motifs is 1. The van der Waals surface area contributed by atoms with Crippen molar-refractivity contribution in [2.45, 2.75) is 32.1 Å². The van der Waals surface area contributed by atoms with Crippen LogP contribution in [0.4, 0.5) is 5.82 Å². The number of rotatable bonds is 5. The van der Waals surface area contributed by atoms with Gasteiger partial charge in [0.1, 0.15) is 11.6 Å². The number of pyridine rings is 1. The van der Waals surface area contributed by atoms with Crippen LogP contribution in [0.15, 0.2) is 22.8 Å². The molecular weight excluding hydrogens is 278 g/mol. The summed E-state index contributed by atoms with van der Waals surface area (Å²) in [6, 6.07) is 6.14. The minimum absolute atomic E-state index is 0.130. The molecule has 0 radical (unpaired) electrons. The van der Waals surface area contributed by atoms with Crippen LogP contribution in [0, 0.1) is 11.3 Å². The largest absolute Gasteiger partial charge is 0.461 e. The molecule has 0 amide bonds. The number of hydrogen-bond acceptors (Lipinski definition) is 4. The lowest BCUT2D eigenvalue weighted by Crippen LogP contribution is -2.24. The van der Waals surface area contributed by atoms with Gasteiger partial charge in [0.2, 0.25) is 0 Å². The standard InChI is InChI=1S/C17H19N3O2/c18-11-14-12-5-1-2-6-13(12)16(15-7-3-10-22-15)20-17(14)19-8-4-9-21/h3,7,10,21H,1-2,4-6,8-9H2,(H,19,20)/p+1. The molecule has 22 heavy (non-hydrogen) atoms. The minimum atomic E-state index is 0.130. The van der Waals surface area contributed by atoms with E-state index >= 15 is 0 Å². The van der Waals surface area contributed by atoms with Gasteiger partial charge in [-0.05, 0) is 43.4 Å². The Labute approximate surface area is 129 Å². The van der Waals surface area contributed by atoms with Crippen molar-refractivity contribution in [3.05, 3.63) is 35.1 Å². The molecule has 1 aliphatic rings. The summed E-state index contributed by atoms with van der Waals surface area (Å²) in [7, 11) is 0. The number of furan rings is 1. The third-order valence-corrected chi connectivity index (χ3v) is 4.09. The number of aromatic nitrogens is 1. The van der Waals surface area contributed by atoms with Crippen molar-refractivity contribution in [1.29, 1.82) is 5.26 Å². The van der Waals surface area contributed by atoms with Crippen LogP contribution in [0.1, 0.15) is 36.0 Å². The zero-order valence-corrected chi connectivity index (χ0v) is 12.5. The molecule has 0 fully saturated rings. The van der Waals surface area contributed by atoms with Gasteiger partial charge in [-0.2, -0.15) is 5.26 Å². The van der Waals surface area contributed by atoms with E-state index in [2.05, 4.69) is 16.4 Å². The molecule has 2 aromatic rings. The van der Waals surface area contributed by atoms with Crippen LogP contribution in [-0.4, -0.2) is 18.3 Å². The molecule has 3 rings (SSSR count). The van der Waals surface area contributed by atoms with E-state index in [9.17, 15) is 5.26 Å². The highest BCUT2D eigenvalue weighted by atomic mass is 16.3. The molecule has 0 spiro atoms. The molecule has 0 saturated heterocycles. The molecule has 2 aromatic heterocycles. The van der Waals surface area contributed by atoms with E-state index in [0.29, 0.717) is 18.5 Å². The summed E-state index contributed by atoms with van der Waals surface area (Å²) in [6.07, 6.45) is 6.44. The Kier molecular flexibility index (Phi) is 4.40. The van der Waals surface area contributed by atoms with Crippen LogP contribution < -0.4 is 10.3 Å². The smallest absolute Gasteiger partial charge is 0.291 e. The lowest BCUT2D eigenvalue weighted by molar-refractivity contribution is -0.349. The minimum Gasteiger partial charge on any atom is -0.461 e. The van der Waals surface area contributed by atoms with Crippen LogP contribution >= 0.6 is 0 Å². The summed E-state index contributed by atoms with van der Waals surface area (Å²) in [6.45, 7) is 0.753. The van der Waals surface area contributed by atoms with Gasteiger partial charge in [-0.1, -0.05) is 0 Å². The molecule has 5 heteroatoms. The number of nitriles is 1. The van der Waals surface area contributed by atoms with E-state index in [1.165, 1.54) is 5.56 Å². The summed E-state index contributed by atoms with van der Waals surface area (Å²) in [5.74, 6) is 1.52. The van der Waals surface area contributed by atoms with Crippen LogP contribution in [0.5, 0.6) is 0 Å². The number of nitrogens with zero attached hydrogens (tertiary/aromatic N) is 1. The van der Waals surface area contributed by atoms with Gasteiger partial charge in [0.15, 0.2) is 11.5 Å². The number of aromatic amines is 1. The topological polar surface area (TPSA) is 83.3 Å². The number of H-pyrrole nitrogens is 1. The van der Waals surface area contributed by atoms with Gasteiger partial charge in [0.25, 0.3) is 5.82 Å². The normalized spacial score (nSPS) is 13.5. The zero-order valence-electron chi connectivity index (χ0n) is 12.5. The summed E-state index contributed by atoms with van der Waals surface area (Å²) in [5.41, 5.74) is 3.99. The van der Waals surface area contributed by atoms with E-state index in [-0.39, 0.29) is 6.61 Å². The Balaban J connectivity index is 2.10. The van der Waals surface area contributed by atoms with Crippen molar-refractivity contribution in [3.63, 3.8) is 0 Å². The van der Waals surface area contributed by atoms with Gasteiger partial charge in [-0.15, -0.1) is 0 Å². The maximum Gasteiger partial charge on any atom is 0.291 e. The van der Waals surface area contributed by atoms with E-state index in [0.717, 1.165) is 48.5 Å². The second-order valence-electron chi connectivity index (χ2n) is 5.51. The maximum absolute atomic E-state index is 9.57. The van der Waals surface area contributed by atoms with Crippen molar-refractivity contribution in [2.75, 3.05) is 18.5 Å². The van der Waals surface area contributed by atoms with E-state index in [4.69, 9.17) is 9.52 Å². The molecular formula is C17H20N3O2+. The zero-order chi connectivity index (χ0) is 15.4. The Morgan fingerprint density at radius 2 is 2.14 bits per heavy atom. The summed E-state index contributed by atoms with van der Waals surface area (Å²) < 4.78 is 5.56.